The number of amides is 2. The van der Waals surface area contributed by atoms with E-state index < -0.39 is 23.8 Å². The predicted octanol–water partition coefficient (Wildman–Crippen LogP) is 5.43. The first kappa shape index (κ1) is 24.0. The summed E-state index contributed by atoms with van der Waals surface area (Å²) in [6, 6.07) is 19.1. The van der Waals surface area contributed by atoms with Gasteiger partial charge in [-0.2, -0.15) is 0 Å². The first-order valence-corrected chi connectivity index (χ1v) is 11.7. The van der Waals surface area contributed by atoms with Crippen molar-refractivity contribution in [1.29, 1.82) is 0 Å². The maximum Gasteiger partial charge on any atom is 0.417 e. The standard InChI is InChI=1S/C27H32N2O5/c1-18(29(17-30)26(31)33-27(2,3)4)24(19-11-7-5-8-12-19)32-22-16-15-21-23(22)28-34-25(21)20-13-9-6-10-14-20/h5-14,17-18,21-22,24-25H,15-16H2,1-4H3/t18-,21-,22+,24-,25+/m0/s1. The minimum atomic E-state index is -0.720. The normalized spacial score (nSPS) is 23.3. The lowest BCUT2D eigenvalue weighted by molar-refractivity contribution is -0.123. The summed E-state index contributed by atoms with van der Waals surface area (Å²) in [5, 5.41) is 4.41. The number of rotatable bonds is 7. The van der Waals surface area contributed by atoms with Crippen LogP contribution in [0.4, 0.5) is 4.79 Å². The number of imide groups is 1. The molecule has 2 aliphatic rings. The second-order valence-corrected chi connectivity index (χ2v) is 9.83. The van der Waals surface area contributed by atoms with E-state index >= 15 is 0 Å². The Bertz CT molecular complexity index is 1020. The van der Waals surface area contributed by atoms with Crippen LogP contribution in [0.3, 0.4) is 0 Å². The maximum atomic E-state index is 12.8. The molecule has 0 N–H and O–H groups in total. The van der Waals surface area contributed by atoms with E-state index in [1.165, 1.54) is 0 Å². The Balaban J connectivity index is 1.55. The molecule has 34 heavy (non-hydrogen) atoms. The first-order chi connectivity index (χ1) is 16.3. The number of carbonyl (C=O) groups excluding carboxylic acids is 2. The first-order valence-electron chi connectivity index (χ1n) is 11.7. The Morgan fingerprint density at radius 1 is 1.09 bits per heavy atom. The van der Waals surface area contributed by atoms with Crippen molar-refractivity contribution in [2.75, 3.05) is 0 Å². The second-order valence-electron chi connectivity index (χ2n) is 9.83. The summed E-state index contributed by atoms with van der Waals surface area (Å²) in [6.45, 7) is 7.10. The fraction of sp³-hybridized carbons (Fsp3) is 0.444. The van der Waals surface area contributed by atoms with Gasteiger partial charge in [-0.05, 0) is 51.7 Å². The van der Waals surface area contributed by atoms with Crippen LogP contribution in [0.25, 0.3) is 0 Å². The highest BCUT2D eigenvalue weighted by atomic mass is 16.6. The number of fused-ring (bicyclic) bond motifs is 1. The van der Waals surface area contributed by atoms with E-state index in [-0.39, 0.29) is 18.1 Å². The quantitative estimate of drug-likeness (QED) is 0.511. The maximum absolute atomic E-state index is 12.8. The molecule has 180 valence electrons. The van der Waals surface area contributed by atoms with Gasteiger partial charge in [-0.1, -0.05) is 65.8 Å². The van der Waals surface area contributed by atoms with Gasteiger partial charge in [0.05, 0.1) is 11.8 Å². The number of oxime groups is 1. The van der Waals surface area contributed by atoms with Gasteiger partial charge in [0.1, 0.15) is 17.8 Å². The molecule has 1 heterocycles. The van der Waals surface area contributed by atoms with E-state index in [2.05, 4.69) is 17.3 Å². The summed E-state index contributed by atoms with van der Waals surface area (Å²) in [5.74, 6) is 0.146. The number of nitrogens with zero attached hydrogens (tertiary/aromatic N) is 2. The Kier molecular flexibility index (Phi) is 7.03. The van der Waals surface area contributed by atoms with Gasteiger partial charge in [0, 0.05) is 5.92 Å². The number of ether oxygens (including phenoxy) is 2. The third-order valence-electron chi connectivity index (χ3n) is 6.25. The van der Waals surface area contributed by atoms with Crippen molar-refractivity contribution < 1.29 is 23.9 Å². The number of hydrogen-bond acceptors (Lipinski definition) is 6. The highest BCUT2D eigenvalue weighted by Gasteiger charge is 2.46. The highest BCUT2D eigenvalue weighted by molar-refractivity contribution is 5.94. The molecule has 1 saturated carbocycles. The topological polar surface area (TPSA) is 77.4 Å². The molecule has 0 unspecified atom stereocenters. The Morgan fingerprint density at radius 3 is 2.35 bits per heavy atom. The number of hydrogen-bond donors (Lipinski definition) is 0. The van der Waals surface area contributed by atoms with Crippen LogP contribution in [0, 0.1) is 5.92 Å². The molecule has 2 amide bonds. The molecule has 1 fully saturated rings. The van der Waals surface area contributed by atoms with Gasteiger partial charge in [-0.3, -0.25) is 4.79 Å². The lowest BCUT2D eigenvalue weighted by Crippen LogP contribution is -2.45. The lowest BCUT2D eigenvalue weighted by atomic mass is 9.94. The van der Waals surface area contributed by atoms with Crippen LogP contribution < -0.4 is 0 Å². The van der Waals surface area contributed by atoms with Gasteiger partial charge in [0.2, 0.25) is 6.41 Å². The van der Waals surface area contributed by atoms with Crippen molar-refractivity contribution in [3.8, 4) is 0 Å². The molecule has 7 nitrogen and oxygen atoms in total. The fourth-order valence-electron chi connectivity index (χ4n) is 4.62. The van der Waals surface area contributed by atoms with E-state index in [0.29, 0.717) is 6.41 Å². The average Bonchev–Trinajstić information content (AvgIpc) is 3.40. The Morgan fingerprint density at radius 2 is 1.74 bits per heavy atom. The summed E-state index contributed by atoms with van der Waals surface area (Å²) in [4.78, 5) is 31.6. The molecule has 7 heteroatoms. The fourth-order valence-corrected chi connectivity index (χ4v) is 4.62. The zero-order chi connectivity index (χ0) is 24.3. The Labute approximate surface area is 200 Å². The van der Waals surface area contributed by atoms with E-state index in [4.69, 9.17) is 14.3 Å². The third kappa shape index (κ3) is 5.14. The molecule has 0 aromatic heterocycles. The van der Waals surface area contributed by atoms with Crippen molar-refractivity contribution in [1.82, 2.24) is 4.90 Å². The van der Waals surface area contributed by atoms with Crippen LogP contribution >= 0.6 is 0 Å². The molecule has 0 bridgehead atoms. The molecular formula is C27H32N2O5. The van der Waals surface area contributed by atoms with Crippen LogP contribution in [0.5, 0.6) is 0 Å². The van der Waals surface area contributed by atoms with Crippen molar-refractivity contribution in [3.63, 3.8) is 0 Å². The summed E-state index contributed by atoms with van der Waals surface area (Å²) < 4.78 is 12.1. The van der Waals surface area contributed by atoms with Crippen LogP contribution in [0.1, 0.15) is 63.9 Å². The van der Waals surface area contributed by atoms with Crippen LogP contribution in [0.15, 0.2) is 65.8 Å². The lowest BCUT2D eigenvalue weighted by Gasteiger charge is -2.33. The van der Waals surface area contributed by atoms with Crippen molar-refractivity contribution in [2.24, 2.45) is 11.1 Å². The molecule has 2 aromatic rings. The average molecular weight is 465 g/mol. The summed E-state index contributed by atoms with van der Waals surface area (Å²) in [7, 11) is 0. The largest absolute Gasteiger partial charge is 0.443 e. The zero-order valence-electron chi connectivity index (χ0n) is 20.1. The molecule has 0 saturated heterocycles. The summed E-state index contributed by atoms with van der Waals surface area (Å²) >= 11 is 0. The smallest absolute Gasteiger partial charge is 0.417 e. The zero-order valence-corrected chi connectivity index (χ0v) is 20.1. The molecule has 1 aliphatic heterocycles. The predicted molar refractivity (Wildman–Crippen MR) is 128 cm³/mol. The molecule has 4 rings (SSSR count). The van der Waals surface area contributed by atoms with Crippen LogP contribution in [-0.4, -0.2) is 40.9 Å². The van der Waals surface area contributed by atoms with Gasteiger partial charge < -0.3 is 14.3 Å². The van der Waals surface area contributed by atoms with Crippen LogP contribution in [-0.2, 0) is 19.1 Å². The van der Waals surface area contributed by atoms with E-state index in [1.54, 1.807) is 27.7 Å². The van der Waals surface area contributed by atoms with Gasteiger partial charge in [-0.15, -0.1) is 0 Å². The minimum absolute atomic E-state index is 0.120. The van der Waals surface area contributed by atoms with Gasteiger partial charge >= 0.3 is 6.09 Å². The molecular weight excluding hydrogens is 432 g/mol. The van der Waals surface area contributed by atoms with Crippen LogP contribution in [0.2, 0.25) is 0 Å². The summed E-state index contributed by atoms with van der Waals surface area (Å²) in [6.07, 6.45) is 0.555. The van der Waals surface area contributed by atoms with Crippen molar-refractivity contribution in [2.45, 2.75) is 70.5 Å². The molecule has 5 atom stereocenters. The Hall–Kier alpha value is -3.19. The van der Waals surface area contributed by atoms with E-state index in [0.717, 1.165) is 34.6 Å². The molecule has 0 spiro atoms. The number of benzene rings is 2. The second kappa shape index (κ2) is 9.97. The van der Waals surface area contributed by atoms with E-state index in [1.807, 2.05) is 48.5 Å². The van der Waals surface area contributed by atoms with Crippen molar-refractivity contribution >= 4 is 18.2 Å². The van der Waals surface area contributed by atoms with Gasteiger partial charge in [0.15, 0.2) is 6.10 Å². The van der Waals surface area contributed by atoms with E-state index in [9.17, 15) is 9.59 Å². The molecule has 0 radical (unpaired) electrons. The third-order valence-corrected chi connectivity index (χ3v) is 6.25. The molecule has 2 aromatic carbocycles. The van der Waals surface area contributed by atoms with Gasteiger partial charge in [-0.25, -0.2) is 9.69 Å². The van der Waals surface area contributed by atoms with Crippen molar-refractivity contribution in [3.05, 3.63) is 71.8 Å². The van der Waals surface area contributed by atoms with Gasteiger partial charge in [0.25, 0.3) is 0 Å². The monoisotopic (exact) mass is 464 g/mol. The summed E-state index contributed by atoms with van der Waals surface area (Å²) in [5.41, 5.74) is 2.13. The molecule has 1 aliphatic carbocycles. The highest BCUT2D eigenvalue weighted by Crippen LogP contribution is 2.44. The minimum Gasteiger partial charge on any atom is -0.443 e. The SMILES string of the molecule is C[C@@H]([C@H](O[C@@H]1CC[C@H]2C1=NO[C@@H]2c1ccccc1)c1ccccc1)N(C=O)C(=O)OC(C)(C)C. The number of carbonyl (C=O) groups is 2.